The van der Waals surface area contributed by atoms with Gasteiger partial charge in [-0.3, -0.25) is 14.8 Å². The van der Waals surface area contributed by atoms with Crippen molar-refractivity contribution < 1.29 is 4.79 Å². The van der Waals surface area contributed by atoms with Crippen molar-refractivity contribution in [3.63, 3.8) is 0 Å². The summed E-state index contributed by atoms with van der Waals surface area (Å²) in [6.45, 7) is 7.09. The van der Waals surface area contributed by atoms with Gasteiger partial charge in [-0.1, -0.05) is 37.3 Å². The van der Waals surface area contributed by atoms with E-state index in [0.717, 1.165) is 58.0 Å². The van der Waals surface area contributed by atoms with Gasteiger partial charge in [-0.05, 0) is 31.2 Å². The number of pyridine rings is 1. The quantitative estimate of drug-likeness (QED) is 0.311. The predicted molar refractivity (Wildman–Crippen MR) is 161 cm³/mol. The summed E-state index contributed by atoms with van der Waals surface area (Å²) in [5.41, 5.74) is 8.13. The molecule has 1 saturated heterocycles. The van der Waals surface area contributed by atoms with Crippen LogP contribution < -0.4 is 9.80 Å². The third kappa shape index (κ3) is 4.85. The number of aryl methyl sites for hydroxylation is 1. The number of anilines is 2. The van der Waals surface area contributed by atoms with Gasteiger partial charge in [0.25, 0.3) is 0 Å². The Morgan fingerprint density at radius 1 is 1.00 bits per heavy atom. The summed E-state index contributed by atoms with van der Waals surface area (Å²) in [4.78, 5) is 34.0. The van der Waals surface area contributed by atoms with Crippen molar-refractivity contribution in [3.8, 4) is 11.3 Å². The molecule has 1 unspecified atom stereocenters. The molecule has 1 aliphatic heterocycles. The van der Waals surface area contributed by atoms with E-state index >= 15 is 0 Å². The van der Waals surface area contributed by atoms with E-state index in [1.165, 1.54) is 5.69 Å². The number of piperazine rings is 1. The highest BCUT2D eigenvalue weighted by molar-refractivity contribution is 5.92. The minimum atomic E-state index is -0.177. The van der Waals surface area contributed by atoms with E-state index in [4.69, 9.17) is 9.97 Å². The fraction of sp³-hybridized carbons (Fsp3) is 0.312. The van der Waals surface area contributed by atoms with Crippen molar-refractivity contribution in [2.24, 2.45) is 5.92 Å². The number of rotatable bonds is 6. The number of nitrogens with zero attached hydrogens (tertiary/aromatic N) is 7. The van der Waals surface area contributed by atoms with E-state index in [1.807, 2.05) is 45.1 Å². The standard InChI is InChI=1S/C32H35N7O/c1-22(19-29-31(35-30-21-33-13-14-39(29)30)24-9-11-25(12-10-24)36(3)4)32(40)38-17-15-37(16-18-38)28-20-23(2)34-27-8-6-5-7-26(27)28/h5-14,20-22H,15-19H2,1-4H3. The molecule has 204 valence electrons. The maximum atomic E-state index is 13.7. The van der Waals surface area contributed by atoms with Crippen LogP contribution >= 0.6 is 0 Å². The highest BCUT2D eigenvalue weighted by Gasteiger charge is 2.28. The normalized spacial score (nSPS) is 14.6. The van der Waals surface area contributed by atoms with Gasteiger partial charge in [0.1, 0.15) is 0 Å². The number of hydrogen-bond acceptors (Lipinski definition) is 6. The first-order valence-corrected chi connectivity index (χ1v) is 13.9. The zero-order chi connectivity index (χ0) is 27.8. The second kappa shape index (κ2) is 10.6. The molecule has 8 nitrogen and oxygen atoms in total. The predicted octanol–water partition coefficient (Wildman–Crippen LogP) is 4.85. The molecular formula is C32H35N7O. The first-order valence-electron chi connectivity index (χ1n) is 13.9. The van der Waals surface area contributed by atoms with E-state index < -0.39 is 0 Å². The molecule has 1 amide bonds. The highest BCUT2D eigenvalue weighted by Crippen LogP contribution is 2.30. The Bertz CT molecular complexity index is 1670. The maximum absolute atomic E-state index is 13.7. The van der Waals surface area contributed by atoms with Gasteiger partial charge in [0, 0.05) is 93.0 Å². The maximum Gasteiger partial charge on any atom is 0.225 e. The minimum absolute atomic E-state index is 0.177. The summed E-state index contributed by atoms with van der Waals surface area (Å²) in [5.74, 6) is 0.0109. The second-order valence-electron chi connectivity index (χ2n) is 10.9. The number of carbonyl (C=O) groups excluding carboxylic acids is 1. The monoisotopic (exact) mass is 533 g/mol. The Balaban J connectivity index is 1.20. The number of hydrogen-bond donors (Lipinski definition) is 0. The smallest absolute Gasteiger partial charge is 0.225 e. The van der Waals surface area contributed by atoms with Gasteiger partial charge in [0.15, 0.2) is 5.65 Å². The molecule has 5 aromatic rings. The van der Waals surface area contributed by atoms with Crippen LogP contribution in [0.2, 0.25) is 0 Å². The lowest BCUT2D eigenvalue weighted by Crippen LogP contribution is -2.50. The fourth-order valence-corrected chi connectivity index (χ4v) is 5.71. The Morgan fingerprint density at radius 3 is 2.50 bits per heavy atom. The van der Waals surface area contributed by atoms with Gasteiger partial charge < -0.3 is 19.1 Å². The fourth-order valence-electron chi connectivity index (χ4n) is 5.71. The lowest BCUT2D eigenvalue weighted by atomic mass is 9.99. The number of fused-ring (bicyclic) bond motifs is 2. The third-order valence-corrected chi connectivity index (χ3v) is 7.86. The summed E-state index contributed by atoms with van der Waals surface area (Å²) in [5, 5.41) is 1.16. The summed E-state index contributed by atoms with van der Waals surface area (Å²) in [6.07, 6.45) is 6.08. The SMILES string of the molecule is Cc1cc(N2CCN(C(=O)C(C)Cc3c(-c4ccc(N(C)C)cc4)nc4cnccn34)CC2)c2ccccc2n1. The van der Waals surface area contributed by atoms with Crippen LogP contribution in [0.25, 0.3) is 27.8 Å². The summed E-state index contributed by atoms with van der Waals surface area (Å²) >= 11 is 0. The lowest BCUT2D eigenvalue weighted by Gasteiger charge is -2.37. The number of imidazole rings is 1. The van der Waals surface area contributed by atoms with Crippen molar-refractivity contribution in [2.45, 2.75) is 20.3 Å². The van der Waals surface area contributed by atoms with Gasteiger partial charge in [-0.15, -0.1) is 0 Å². The van der Waals surface area contributed by atoms with Crippen LogP contribution in [0.5, 0.6) is 0 Å². The van der Waals surface area contributed by atoms with Crippen molar-refractivity contribution in [2.75, 3.05) is 50.1 Å². The Kier molecular flexibility index (Phi) is 6.84. The average molecular weight is 534 g/mol. The Morgan fingerprint density at radius 2 is 1.75 bits per heavy atom. The second-order valence-corrected chi connectivity index (χ2v) is 10.9. The molecule has 6 rings (SSSR count). The van der Waals surface area contributed by atoms with Crippen LogP contribution in [0.15, 0.2) is 73.2 Å². The van der Waals surface area contributed by atoms with E-state index in [-0.39, 0.29) is 11.8 Å². The van der Waals surface area contributed by atoms with E-state index in [0.29, 0.717) is 19.5 Å². The third-order valence-electron chi connectivity index (χ3n) is 7.86. The molecule has 0 spiro atoms. The molecule has 1 fully saturated rings. The van der Waals surface area contributed by atoms with Crippen molar-refractivity contribution in [1.29, 1.82) is 0 Å². The van der Waals surface area contributed by atoms with Crippen LogP contribution in [0.3, 0.4) is 0 Å². The number of carbonyl (C=O) groups is 1. The molecule has 4 heterocycles. The minimum Gasteiger partial charge on any atom is -0.378 e. The molecule has 8 heteroatoms. The molecule has 0 bridgehead atoms. The molecule has 0 saturated carbocycles. The molecule has 1 atom stereocenters. The highest BCUT2D eigenvalue weighted by atomic mass is 16.2. The zero-order valence-electron chi connectivity index (χ0n) is 23.6. The number of aromatic nitrogens is 4. The molecule has 2 aromatic carbocycles. The molecule has 1 aliphatic rings. The van der Waals surface area contributed by atoms with Crippen LogP contribution in [-0.4, -0.2) is 70.4 Å². The van der Waals surface area contributed by atoms with Crippen molar-refractivity contribution >= 4 is 33.8 Å². The van der Waals surface area contributed by atoms with E-state index in [1.54, 1.807) is 12.4 Å². The van der Waals surface area contributed by atoms with Crippen LogP contribution in [0.1, 0.15) is 18.3 Å². The van der Waals surface area contributed by atoms with Crippen molar-refractivity contribution in [1.82, 2.24) is 24.3 Å². The largest absolute Gasteiger partial charge is 0.378 e. The van der Waals surface area contributed by atoms with Crippen LogP contribution in [0, 0.1) is 12.8 Å². The number of amides is 1. The molecule has 3 aromatic heterocycles. The van der Waals surface area contributed by atoms with E-state index in [2.05, 4.69) is 67.7 Å². The average Bonchev–Trinajstić information content (AvgIpc) is 3.34. The summed E-state index contributed by atoms with van der Waals surface area (Å²) in [7, 11) is 4.06. The molecule has 0 radical (unpaired) electrons. The zero-order valence-corrected chi connectivity index (χ0v) is 23.6. The molecule has 0 aliphatic carbocycles. The number of benzene rings is 2. The van der Waals surface area contributed by atoms with Crippen molar-refractivity contribution in [3.05, 3.63) is 84.6 Å². The molecule has 0 N–H and O–H groups in total. The molecular weight excluding hydrogens is 498 g/mol. The molecule has 40 heavy (non-hydrogen) atoms. The number of para-hydroxylation sites is 1. The van der Waals surface area contributed by atoms with Gasteiger partial charge in [-0.2, -0.15) is 0 Å². The van der Waals surface area contributed by atoms with Gasteiger partial charge in [0.05, 0.1) is 23.1 Å². The van der Waals surface area contributed by atoms with Gasteiger partial charge in [-0.25, -0.2) is 4.98 Å². The van der Waals surface area contributed by atoms with E-state index in [9.17, 15) is 4.79 Å². The lowest BCUT2D eigenvalue weighted by molar-refractivity contribution is -0.135. The summed E-state index contributed by atoms with van der Waals surface area (Å²) < 4.78 is 2.07. The van der Waals surface area contributed by atoms with Crippen LogP contribution in [-0.2, 0) is 11.2 Å². The van der Waals surface area contributed by atoms with Crippen LogP contribution in [0.4, 0.5) is 11.4 Å². The topological polar surface area (TPSA) is 69.9 Å². The first-order chi connectivity index (χ1) is 19.4. The summed E-state index contributed by atoms with van der Waals surface area (Å²) in [6, 6.07) is 18.9. The Hall–Kier alpha value is -4.46. The van der Waals surface area contributed by atoms with Gasteiger partial charge in [0.2, 0.25) is 5.91 Å². The Labute approximate surface area is 234 Å². The van der Waals surface area contributed by atoms with Gasteiger partial charge >= 0.3 is 0 Å². The first kappa shape index (κ1) is 25.8.